The first-order valence-electron chi connectivity index (χ1n) is 7.94. The second-order valence-corrected chi connectivity index (χ2v) is 6.56. The highest BCUT2D eigenvalue weighted by Crippen LogP contribution is 2.26. The summed E-state index contributed by atoms with van der Waals surface area (Å²) in [4.78, 5) is 0. The molecule has 0 aliphatic heterocycles. The van der Waals surface area contributed by atoms with Crippen LogP contribution >= 0.6 is 0 Å². The Morgan fingerprint density at radius 2 is 1.95 bits per heavy atom. The molecule has 0 aromatic heterocycles. The van der Waals surface area contributed by atoms with Crippen molar-refractivity contribution in [3.05, 3.63) is 29.3 Å². The molecule has 0 spiro atoms. The third-order valence-corrected chi connectivity index (χ3v) is 3.90. The van der Waals surface area contributed by atoms with Crippen LogP contribution in [0.4, 0.5) is 0 Å². The molecule has 2 unspecified atom stereocenters. The number of ether oxygens (including phenoxy) is 1. The number of aryl methyl sites for hydroxylation is 1. The molecule has 1 rings (SSSR count). The Bertz CT molecular complexity index is 445. The summed E-state index contributed by atoms with van der Waals surface area (Å²) in [5.41, 5.74) is 2.15. The minimum atomic E-state index is -0.294. The summed E-state index contributed by atoms with van der Waals surface area (Å²) in [6.45, 7) is 13.5. The standard InChI is InChI=1S/C18H31NO2/c1-7-19-18(6,12-20)11-15(5)21-17-10-16(13(2)3)9-8-14(17)4/h8-10,13,15,19-20H,7,11-12H2,1-6H3. The van der Waals surface area contributed by atoms with Crippen LogP contribution in [0.3, 0.4) is 0 Å². The Kier molecular flexibility index (Phi) is 6.69. The molecule has 0 aliphatic rings. The predicted octanol–water partition coefficient (Wildman–Crippen LogP) is 3.64. The van der Waals surface area contributed by atoms with E-state index in [9.17, 15) is 5.11 Å². The zero-order valence-electron chi connectivity index (χ0n) is 14.4. The van der Waals surface area contributed by atoms with Crippen molar-refractivity contribution in [3.63, 3.8) is 0 Å². The first-order valence-corrected chi connectivity index (χ1v) is 7.94. The number of rotatable bonds is 8. The van der Waals surface area contributed by atoms with Crippen LogP contribution in [0.1, 0.15) is 58.1 Å². The number of hydrogen-bond acceptors (Lipinski definition) is 3. The monoisotopic (exact) mass is 293 g/mol. The van der Waals surface area contributed by atoms with Gasteiger partial charge in [-0.15, -0.1) is 0 Å². The second kappa shape index (κ2) is 7.81. The molecule has 0 saturated carbocycles. The maximum atomic E-state index is 9.58. The van der Waals surface area contributed by atoms with E-state index in [1.54, 1.807) is 0 Å². The highest BCUT2D eigenvalue weighted by molar-refractivity contribution is 5.37. The number of nitrogens with one attached hydrogen (secondary N) is 1. The molecule has 0 saturated heterocycles. The van der Waals surface area contributed by atoms with Gasteiger partial charge in [0.05, 0.1) is 12.7 Å². The number of aliphatic hydroxyl groups excluding tert-OH is 1. The van der Waals surface area contributed by atoms with Crippen molar-refractivity contribution < 1.29 is 9.84 Å². The molecule has 0 fully saturated rings. The fourth-order valence-electron chi connectivity index (χ4n) is 2.62. The summed E-state index contributed by atoms with van der Waals surface area (Å²) in [5, 5.41) is 12.9. The Balaban J connectivity index is 2.78. The van der Waals surface area contributed by atoms with E-state index in [4.69, 9.17) is 4.74 Å². The van der Waals surface area contributed by atoms with E-state index >= 15 is 0 Å². The molecular formula is C18H31NO2. The van der Waals surface area contributed by atoms with Crippen LogP contribution in [-0.4, -0.2) is 29.9 Å². The molecule has 1 aromatic carbocycles. The van der Waals surface area contributed by atoms with Crippen molar-refractivity contribution in [3.8, 4) is 5.75 Å². The van der Waals surface area contributed by atoms with Gasteiger partial charge in [0, 0.05) is 12.0 Å². The van der Waals surface area contributed by atoms with Crippen LogP contribution in [0.25, 0.3) is 0 Å². The molecule has 0 radical (unpaired) electrons. The molecule has 1 aromatic rings. The first-order chi connectivity index (χ1) is 9.81. The summed E-state index contributed by atoms with van der Waals surface area (Å²) in [7, 11) is 0. The zero-order valence-corrected chi connectivity index (χ0v) is 14.4. The molecule has 0 bridgehead atoms. The molecule has 0 amide bonds. The maximum absolute atomic E-state index is 9.58. The third kappa shape index (κ3) is 5.33. The van der Waals surface area contributed by atoms with Crippen molar-refractivity contribution >= 4 is 0 Å². The van der Waals surface area contributed by atoms with E-state index in [0.29, 0.717) is 5.92 Å². The van der Waals surface area contributed by atoms with Gasteiger partial charge in [-0.3, -0.25) is 0 Å². The normalized spacial score (nSPS) is 15.8. The van der Waals surface area contributed by atoms with Gasteiger partial charge in [-0.1, -0.05) is 32.9 Å². The predicted molar refractivity (Wildman–Crippen MR) is 89.1 cm³/mol. The van der Waals surface area contributed by atoms with Crippen LogP contribution in [0.2, 0.25) is 0 Å². The Morgan fingerprint density at radius 1 is 1.29 bits per heavy atom. The summed E-state index contributed by atoms with van der Waals surface area (Å²) < 4.78 is 6.13. The lowest BCUT2D eigenvalue weighted by Crippen LogP contribution is -2.48. The number of likely N-dealkylation sites (N-methyl/N-ethyl adjacent to an activating group) is 1. The first kappa shape index (κ1) is 18.0. The van der Waals surface area contributed by atoms with Crippen LogP contribution < -0.4 is 10.1 Å². The van der Waals surface area contributed by atoms with Gasteiger partial charge in [0.2, 0.25) is 0 Å². The topological polar surface area (TPSA) is 41.5 Å². The molecule has 3 nitrogen and oxygen atoms in total. The van der Waals surface area contributed by atoms with Gasteiger partial charge in [-0.05, 0) is 50.4 Å². The summed E-state index contributed by atoms with van der Waals surface area (Å²) in [5.74, 6) is 1.44. The van der Waals surface area contributed by atoms with E-state index in [1.165, 1.54) is 5.56 Å². The third-order valence-electron chi connectivity index (χ3n) is 3.90. The largest absolute Gasteiger partial charge is 0.490 e. The Hall–Kier alpha value is -1.06. The average molecular weight is 293 g/mol. The van der Waals surface area contributed by atoms with Crippen molar-refractivity contribution in [2.45, 2.75) is 65.5 Å². The minimum absolute atomic E-state index is 0.0438. The van der Waals surface area contributed by atoms with Gasteiger partial charge >= 0.3 is 0 Å². The molecule has 3 heteroatoms. The lowest BCUT2D eigenvalue weighted by atomic mass is 9.95. The van der Waals surface area contributed by atoms with Crippen LogP contribution in [-0.2, 0) is 0 Å². The molecular weight excluding hydrogens is 262 g/mol. The van der Waals surface area contributed by atoms with Crippen LogP contribution in [0.5, 0.6) is 5.75 Å². The molecule has 21 heavy (non-hydrogen) atoms. The summed E-state index contributed by atoms with van der Waals surface area (Å²) >= 11 is 0. The Labute approximate surface area is 129 Å². The fraction of sp³-hybridized carbons (Fsp3) is 0.667. The highest BCUT2D eigenvalue weighted by Gasteiger charge is 2.25. The van der Waals surface area contributed by atoms with Crippen LogP contribution in [0.15, 0.2) is 18.2 Å². The van der Waals surface area contributed by atoms with Crippen molar-refractivity contribution in [2.24, 2.45) is 0 Å². The molecule has 2 atom stereocenters. The lowest BCUT2D eigenvalue weighted by Gasteiger charge is -2.31. The summed E-state index contributed by atoms with van der Waals surface area (Å²) in [6, 6.07) is 6.42. The molecule has 0 heterocycles. The van der Waals surface area contributed by atoms with Gasteiger partial charge in [0.25, 0.3) is 0 Å². The van der Waals surface area contributed by atoms with Gasteiger partial charge in [-0.2, -0.15) is 0 Å². The molecule has 0 aliphatic carbocycles. The highest BCUT2D eigenvalue weighted by atomic mass is 16.5. The van der Waals surface area contributed by atoms with E-state index < -0.39 is 0 Å². The molecule has 120 valence electrons. The van der Waals surface area contributed by atoms with Crippen LogP contribution in [0, 0.1) is 6.92 Å². The zero-order chi connectivity index (χ0) is 16.0. The molecule has 2 N–H and O–H groups in total. The Morgan fingerprint density at radius 3 is 2.48 bits per heavy atom. The average Bonchev–Trinajstić information content (AvgIpc) is 2.41. The smallest absolute Gasteiger partial charge is 0.122 e. The number of aliphatic hydroxyl groups is 1. The van der Waals surface area contributed by atoms with E-state index in [1.807, 2.05) is 6.92 Å². The van der Waals surface area contributed by atoms with Gasteiger partial charge in [0.15, 0.2) is 0 Å². The van der Waals surface area contributed by atoms with Gasteiger partial charge in [0.1, 0.15) is 5.75 Å². The van der Waals surface area contributed by atoms with E-state index in [2.05, 4.69) is 58.1 Å². The maximum Gasteiger partial charge on any atom is 0.122 e. The lowest BCUT2D eigenvalue weighted by molar-refractivity contribution is 0.111. The van der Waals surface area contributed by atoms with Gasteiger partial charge in [-0.25, -0.2) is 0 Å². The number of hydrogen-bond donors (Lipinski definition) is 2. The SMILES string of the molecule is CCNC(C)(CO)CC(C)Oc1cc(C(C)C)ccc1C. The quantitative estimate of drug-likeness (QED) is 0.769. The number of benzene rings is 1. The van der Waals surface area contributed by atoms with E-state index in [0.717, 1.165) is 24.3 Å². The van der Waals surface area contributed by atoms with Crippen molar-refractivity contribution in [2.75, 3.05) is 13.2 Å². The van der Waals surface area contributed by atoms with Crippen molar-refractivity contribution in [1.29, 1.82) is 0 Å². The minimum Gasteiger partial charge on any atom is -0.490 e. The van der Waals surface area contributed by atoms with Gasteiger partial charge < -0.3 is 15.2 Å². The summed E-state index contributed by atoms with van der Waals surface area (Å²) in [6.07, 6.45) is 0.810. The fourth-order valence-corrected chi connectivity index (χ4v) is 2.62. The second-order valence-electron chi connectivity index (χ2n) is 6.56. The van der Waals surface area contributed by atoms with Crippen molar-refractivity contribution in [1.82, 2.24) is 5.32 Å². The van der Waals surface area contributed by atoms with E-state index in [-0.39, 0.29) is 18.2 Å².